The van der Waals surface area contributed by atoms with E-state index in [4.69, 9.17) is 16.9 Å². The summed E-state index contributed by atoms with van der Waals surface area (Å²) in [5, 5.41) is 12.6. The second-order valence-corrected chi connectivity index (χ2v) is 4.99. The van der Waals surface area contributed by atoms with Crippen LogP contribution < -0.4 is 5.32 Å². The summed E-state index contributed by atoms with van der Waals surface area (Å²) in [6.45, 7) is 0.598. The normalized spacial score (nSPS) is 9.83. The number of hydrogen-bond donors (Lipinski definition) is 1. The maximum Gasteiger partial charge on any atom is 0.0992 e. The van der Waals surface area contributed by atoms with Gasteiger partial charge in [-0.2, -0.15) is 5.26 Å². The minimum absolute atomic E-state index is 0.578. The van der Waals surface area contributed by atoms with Gasteiger partial charge in [0.2, 0.25) is 0 Å². The van der Waals surface area contributed by atoms with Crippen molar-refractivity contribution in [2.45, 2.75) is 6.54 Å². The standard InChI is InChI=1S/C13H9BrClN3/c14-11-3-10(6-17-8-11)7-18-13-4-9(5-16)1-2-12(13)15/h1-4,6,8,18H,7H2. The van der Waals surface area contributed by atoms with Crippen LogP contribution in [-0.4, -0.2) is 4.98 Å². The molecular weight excluding hydrogens is 314 g/mol. The lowest BCUT2D eigenvalue weighted by molar-refractivity contribution is 1.11. The predicted octanol–water partition coefficient (Wildman–Crippen LogP) is 3.98. The maximum atomic E-state index is 8.84. The van der Waals surface area contributed by atoms with Gasteiger partial charge in [-0.15, -0.1) is 0 Å². The molecule has 1 heterocycles. The SMILES string of the molecule is N#Cc1ccc(Cl)c(NCc2cncc(Br)c2)c1. The number of anilines is 1. The molecule has 0 aliphatic heterocycles. The van der Waals surface area contributed by atoms with Gasteiger partial charge in [-0.05, 0) is 45.8 Å². The number of nitriles is 1. The number of benzene rings is 1. The van der Waals surface area contributed by atoms with Gasteiger partial charge in [-0.25, -0.2) is 0 Å². The monoisotopic (exact) mass is 321 g/mol. The van der Waals surface area contributed by atoms with Gasteiger partial charge in [0.25, 0.3) is 0 Å². The van der Waals surface area contributed by atoms with Gasteiger partial charge >= 0.3 is 0 Å². The highest BCUT2D eigenvalue weighted by Gasteiger charge is 2.02. The van der Waals surface area contributed by atoms with E-state index in [1.165, 1.54) is 0 Å². The number of halogens is 2. The molecular formula is C13H9BrClN3. The van der Waals surface area contributed by atoms with E-state index in [0.717, 1.165) is 15.7 Å². The van der Waals surface area contributed by atoms with Crippen molar-refractivity contribution in [2.24, 2.45) is 0 Å². The van der Waals surface area contributed by atoms with E-state index in [9.17, 15) is 0 Å². The van der Waals surface area contributed by atoms with Gasteiger partial charge in [0.1, 0.15) is 0 Å². The van der Waals surface area contributed by atoms with Crippen LogP contribution in [0.3, 0.4) is 0 Å². The van der Waals surface area contributed by atoms with Crippen LogP contribution >= 0.6 is 27.5 Å². The molecule has 1 aromatic heterocycles. The third-order valence-electron chi connectivity index (χ3n) is 2.34. The Morgan fingerprint density at radius 2 is 2.17 bits per heavy atom. The Bertz CT molecular complexity index is 607. The summed E-state index contributed by atoms with van der Waals surface area (Å²) in [4.78, 5) is 4.08. The van der Waals surface area contributed by atoms with Crippen molar-refractivity contribution in [3.8, 4) is 6.07 Å². The fourth-order valence-electron chi connectivity index (χ4n) is 1.48. The van der Waals surface area contributed by atoms with Crippen molar-refractivity contribution in [3.63, 3.8) is 0 Å². The molecule has 1 N–H and O–H groups in total. The van der Waals surface area contributed by atoms with Gasteiger partial charge in [0.15, 0.2) is 0 Å². The lowest BCUT2D eigenvalue weighted by Crippen LogP contribution is -2.00. The smallest absolute Gasteiger partial charge is 0.0992 e. The molecule has 1 aromatic carbocycles. The summed E-state index contributed by atoms with van der Waals surface area (Å²) in [5.41, 5.74) is 2.35. The summed E-state index contributed by atoms with van der Waals surface area (Å²) in [6, 6.07) is 9.19. The van der Waals surface area contributed by atoms with E-state index in [2.05, 4.69) is 32.3 Å². The predicted molar refractivity (Wildman–Crippen MR) is 75.4 cm³/mol. The van der Waals surface area contributed by atoms with Crippen LogP contribution in [-0.2, 0) is 6.54 Å². The molecule has 0 aliphatic rings. The molecule has 0 radical (unpaired) electrons. The summed E-state index contributed by atoms with van der Waals surface area (Å²) < 4.78 is 0.929. The van der Waals surface area contributed by atoms with Crippen molar-refractivity contribution in [2.75, 3.05) is 5.32 Å². The molecule has 0 saturated carbocycles. The average molecular weight is 323 g/mol. The number of rotatable bonds is 3. The van der Waals surface area contributed by atoms with E-state index >= 15 is 0 Å². The molecule has 2 aromatic rings. The van der Waals surface area contributed by atoms with Gasteiger partial charge < -0.3 is 5.32 Å². The van der Waals surface area contributed by atoms with Gasteiger partial charge in [-0.1, -0.05) is 11.6 Å². The highest BCUT2D eigenvalue weighted by molar-refractivity contribution is 9.10. The molecule has 0 fully saturated rings. The van der Waals surface area contributed by atoms with Crippen molar-refractivity contribution < 1.29 is 0 Å². The fourth-order valence-corrected chi connectivity index (χ4v) is 2.08. The topological polar surface area (TPSA) is 48.7 Å². The maximum absolute atomic E-state index is 8.84. The lowest BCUT2D eigenvalue weighted by Gasteiger charge is -2.08. The van der Waals surface area contributed by atoms with E-state index in [1.54, 1.807) is 30.6 Å². The van der Waals surface area contributed by atoms with E-state index in [-0.39, 0.29) is 0 Å². The van der Waals surface area contributed by atoms with E-state index < -0.39 is 0 Å². The Balaban J connectivity index is 2.13. The molecule has 18 heavy (non-hydrogen) atoms. The van der Waals surface area contributed by atoms with Crippen molar-refractivity contribution >= 4 is 33.2 Å². The first kappa shape index (κ1) is 12.9. The van der Waals surface area contributed by atoms with Gasteiger partial charge in [-0.3, -0.25) is 4.98 Å². The molecule has 0 saturated heterocycles. The number of pyridine rings is 1. The molecule has 0 unspecified atom stereocenters. The highest BCUT2D eigenvalue weighted by atomic mass is 79.9. The summed E-state index contributed by atoms with van der Waals surface area (Å²) in [6.07, 6.45) is 3.51. The summed E-state index contributed by atoms with van der Waals surface area (Å²) in [7, 11) is 0. The fraction of sp³-hybridized carbons (Fsp3) is 0.0769. The van der Waals surface area contributed by atoms with Crippen LogP contribution in [0.5, 0.6) is 0 Å². The third kappa shape index (κ3) is 3.22. The minimum Gasteiger partial charge on any atom is -0.380 e. The highest BCUT2D eigenvalue weighted by Crippen LogP contribution is 2.23. The van der Waals surface area contributed by atoms with Gasteiger partial charge in [0.05, 0.1) is 22.3 Å². The Morgan fingerprint density at radius 1 is 1.33 bits per heavy atom. The zero-order valence-electron chi connectivity index (χ0n) is 9.32. The zero-order chi connectivity index (χ0) is 13.0. The minimum atomic E-state index is 0.578. The third-order valence-corrected chi connectivity index (χ3v) is 3.10. The number of hydrogen-bond acceptors (Lipinski definition) is 3. The second kappa shape index (κ2) is 5.85. The van der Waals surface area contributed by atoms with E-state index in [1.807, 2.05) is 6.07 Å². The Kier molecular flexibility index (Phi) is 4.19. The largest absolute Gasteiger partial charge is 0.380 e. The quantitative estimate of drug-likeness (QED) is 0.930. The lowest BCUT2D eigenvalue weighted by atomic mass is 10.2. The molecule has 3 nitrogen and oxygen atoms in total. The number of nitrogens with zero attached hydrogens (tertiary/aromatic N) is 2. The van der Waals surface area contributed by atoms with Crippen LogP contribution in [0, 0.1) is 11.3 Å². The van der Waals surface area contributed by atoms with Crippen LogP contribution in [0.2, 0.25) is 5.02 Å². The van der Waals surface area contributed by atoms with Crippen molar-refractivity contribution in [1.29, 1.82) is 5.26 Å². The van der Waals surface area contributed by atoms with Crippen molar-refractivity contribution in [1.82, 2.24) is 4.98 Å². The average Bonchev–Trinajstić information content (AvgIpc) is 2.38. The van der Waals surface area contributed by atoms with Crippen LogP contribution in [0.4, 0.5) is 5.69 Å². The molecule has 0 spiro atoms. The van der Waals surface area contributed by atoms with E-state index in [0.29, 0.717) is 17.1 Å². The molecule has 0 bridgehead atoms. The second-order valence-electron chi connectivity index (χ2n) is 3.67. The molecule has 90 valence electrons. The molecule has 0 aliphatic carbocycles. The van der Waals surface area contributed by atoms with Crippen molar-refractivity contribution in [3.05, 3.63) is 57.3 Å². The first-order chi connectivity index (χ1) is 8.69. The first-order valence-electron chi connectivity index (χ1n) is 5.22. The molecule has 2 rings (SSSR count). The van der Waals surface area contributed by atoms with Crippen LogP contribution in [0.15, 0.2) is 41.1 Å². The Labute approximate surface area is 119 Å². The first-order valence-corrected chi connectivity index (χ1v) is 6.39. The molecule has 0 amide bonds. The zero-order valence-corrected chi connectivity index (χ0v) is 11.7. The van der Waals surface area contributed by atoms with Gasteiger partial charge in [0, 0.05) is 23.4 Å². The Morgan fingerprint density at radius 3 is 2.89 bits per heavy atom. The van der Waals surface area contributed by atoms with Crippen LogP contribution in [0.1, 0.15) is 11.1 Å². The number of aromatic nitrogens is 1. The summed E-state index contributed by atoms with van der Waals surface area (Å²) in [5.74, 6) is 0. The van der Waals surface area contributed by atoms with Crippen LogP contribution in [0.25, 0.3) is 0 Å². The Hall–Kier alpha value is -1.57. The molecule has 0 atom stereocenters. The number of nitrogens with one attached hydrogen (secondary N) is 1. The summed E-state index contributed by atoms with van der Waals surface area (Å²) >= 11 is 9.42. The molecule has 5 heteroatoms.